The minimum absolute atomic E-state index is 0.0307. The molecule has 1 aliphatic rings. The van der Waals surface area contributed by atoms with E-state index in [0.717, 1.165) is 12.8 Å². The van der Waals surface area contributed by atoms with Crippen LogP contribution in [0.2, 0.25) is 0 Å². The summed E-state index contributed by atoms with van der Waals surface area (Å²) < 4.78 is 0. The Kier molecular flexibility index (Phi) is 5.39. The standard InChI is InChI=1S/C17H18N4O3S/c22-14(18-9-15(23)19-12-6-7-12)8-13-10-25-17(20-13)21-16(24)11-4-2-1-3-5-11/h1-5,10,12H,6-9H2,(H,18,22)(H,19,23)(H,20,21,24). The van der Waals surface area contributed by atoms with Crippen molar-refractivity contribution in [3.63, 3.8) is 0 Å². The molecule has 1 aromatic carbocycles. The van der Waals surface area contributed by atoms with Crippen molar-refractivity contribution in [1.29, 1.82) is 0 Å². The molecular weight excluding hydrogens is 340 g/mol. The van der Waals surface area contributed by atoms with E-state index in [2.05, 4.69) is 20.9 Å². The molecule has 0 radical (unpaired) electrons. The highest BCUT2D eigenvalue weighted by molar-refractivity contribution is 7.14. The maximum absolute atomic E-state index is 12.0. The molecule has 1 saturated carbocycles. The van der Waals surface area contributed by atoms with E-state index in [0.29, 0.717) is 16.4 Å². The molecule has 1 fully saturated rings. The summed E-state index contributed by atoms with van der Waals surface area (Å²) in [6.45, 7) is -0.0307. The van der Waals surface area contributed by atoms with E-state index in [1.165, 1.54) is 11.3 Å². The molecule has 0 spiro atoms. The zero-order valence-corrected chi connectivity index (χ0v) is 14.3. The van der Waals surface area contributed by atoms with Crippen molar-refractivity contribution < 1.29 is 14.4 Å². The summed E-state index contributed by atoms with van der Waals surface area (Å²) in [4.78, 5) is 39.7. The number of amides is 3. The molecule has 0 bridgehead atoms. The second kappa shape index (κ2) is 7.89. The van der Waals surface area contributed by atoms with Crippen molar-refractivity contribution in [2.45, 2.75) is 25.3 Å². The summed E-state index contributed by atoms with van der Waals surface area (Å²) in [7, 11) is 0. The maximum Gasteiger partial charge on any atom is 0.257 e. The van der Waals surface area contributed by atoms with Crippen molar-refractivity contribution in [2.75, 3.05) is 11.9 Å². The summed E-state index contributed by atoms with van der Waals surface area (Å²) in [6.07, 6.45) is 2.08. The van der Waals surface area contributed by atoms with Gasteiger partial charge in [0.25, 0.3) is 5.91 Å². The van der Waals surface area contributed by atoms with Gasteiger partial charge < -0.3 is 10.6 Å². The number of nitrogens with one attached hydrogen (secondary N) is 3. The molecule has 3 rings (SSSR count). The zero-order valence-electron chi connectivity index (χ0n) is 13.5. The van der Waals surface area contributed by atoms with Gasteiger partial charge in [0.05, 0.1) is 18.7 Å². The van der Waals surface area contributed by atoms with Crippen molar-refractivity contribution in [1.82, 2.24) is 15.6 Å². The summed E-state index contributed by atoms with van der Waals surface area (Å²) in [5, 5.41) is 10.2. The van der Waals surface area contributed by atoms with E-state index >= 15 is 0 Å². The van der Waals surface area contributed by atoms with Crippen LogP contribution in [0.5, 0.6) is 0 Å². The summed E-state index contributed by atoms with van der Waals surface area (Å²) >= 11 is 1.25. The fraction of sp³-hybridized carbons (Fsp3) is 0.294. The van der Waals surface area contributed by atoms with Crippen LogP contribution in [0.15, 0.2) is 35.7 Å². The molecule has 0 aliphatic heterocycles. The molecule has 1 heterocycles. The van der Waals surface area contributed by atoms with E-state index in [1.807, 2.05) is 6.07 Å². The van der Waals surface area contributed by atoms with Crippen LogP contribution in [0.3, 0.4) is 0 Å². The van der Waals surface area contributed by atoms with Crippen LogP contribution < -0.4 is 16.0 Å². The number of aromatic nitrogens is 1. The monoisotopic (exact) mass is 358 g/mol. The first kappa shape index (κ1) is 17.1. The number of carbonyl (C=O) groups is 3. The van der Waals surface area contributed by atoms with Crippen molar-refractivity contribution in [3.05, 3.63) is 47.0 Å². The van der Waals surface area contributed by atoms with Gasteiger partial charge in [-0.1, -0.05) is 18.2 Å². The lowest BCUT2D eigenvalue weighted by atomic mass is 10.2. The molecule has 0 saturated heterocycles. The molecule has 1 aromatic heterocycles. The molecule has 25 heavy (non-hydrogen) atoms. The highest BCUT2D eigenvalue weighted by Gasteiger charge is 2.23. The highest BCUT2D eigenvalue weighted by Crippen LogP contribution is 2.18. The average Bonchev–Trinajstić information content (AvgIpc) is 3.32. The Morgan fingerprint density at radius 1 is 1.12 bits per heavy atom. The first-order valence-corrected chi connectivity index (χ1v) is 8.85. The minimum atomic E-state index is -0.280. The van der Waals surface area contributed by atoms with Gasteiger partial charge in [-0.25, -0.2) is 4.98 Å². The molecule has 1 aliphatic carbocycles. The number of nitrogens with zero attached hydrogens (tertiary/aromatic N) is 1. The fourth-order valence-corrected chi connectivity index (χ4v) is 2.82. The summed E-state index contributed by atoms with van der Waals surface area (Å²) in [5.74, 6) is -0.704. The van der Waals surface area contributed by atoms with Gasteiger partial charge in [0, 0.05) is 17.0 Å². The second-order valence-corrected chi connectivity index (χ2v) is 6.62. The SMILES string of the molecule is O=C(Cc1csc(NC(=O)c2ccccc2)n1)NCC(=O)NC1CC1. The van der Waals surface area contributed by atoms with Crippen LogP contribution in [0.1, 0.15) is 28.9 Å². The number of rotatable bonds is 7. The van der Waals surface area contributed by atoms with Gasteiger partial charge in [0.2, 0.25) is 11.8 Å². The van der Waals surface area contributed by atoms with E-state index in [4.69, 9.17) is 0 Å². The lowest BCUT2D eigenvalue weighted by molar-refractivity contribution is -0.125. The molecular formula is C17H18N4O3S. The van der Waals surface area contributed by atoms with E-state index in [-0.39, 0.29) is 36.7 Å². The van der Waals surface area contributed by atoms with E-state index in [9.17, 15) is 14.4 Å². The topological polar surface area (TPSA) is 100 Å². The van der Waals surface area contributed by atoms with Crippen molar-refractivity contribution in [2.24, 2.45) is 0 Å². The predicted molar refractivity (Wildman–Crippen MR) is 94.4 cm³/mol. The highest BCUT2D eigenvalue weighted by atomic mass is 32.1. The molecule has 0 unspecified atom stereocenters. The largest absolute Gasteiger partial charge is 0.352 e. The van der Waals surface area contributed by atoms with Crippen LogP contribution in [-0.4, -0.2) is 35.3 Å². The molecule has 2 aromatic rings. The Labute approximate surface area is 148 Å². The Hall–Kier alpha value is -2.74. The lowest BCUT2D eigenvalue weighted by Gasteiger charge is -2.05. The van der Waals surface area contributed by atoms with Gasteiger partial charge in [-0.2, -0.15) is 0 Å². The summed E-state index contributed by atoms with van der Waals surface area (Å²) in [6, 6.07) is 9.10. The van der Waals surface area contributed by atoms with Gasteiger partial charge >= 0.3 is 0 Å². The molecule has 7 nitrogen and oxygen atoms in total. The van der Waals surface area contributed by atoms with Gasteiger partial charge in [0.1, 0.15) is 0 Å². The van der Waals surface area contributed by atoms with Crippen LogP contribution in [-0.2, 0) is 16.0 Å². The molecule has 3 N–H and O–H groups in total. The molecule has 8 heteroatoms. The third-order valence-corrected chi connectivity index (χ3v) is 4.34. The number of carbonyl (C=O) groups excluding carboxylic acids is 3. The Morgan fingerprint density at radius 3 is 2.60 bits per heavy atom. The van der Waals surface area contributed by atoms with Crippen LogP contribution in [0.4, 0.5) is 5.13 Å². The van der Waals surface area contributed by atoms with E-state index in [1.54, 1.807) is 29.6 Å². The molecule has 130 valence electrons. The van der Waals surface area contributed by atoms with Crippen molar-refractivity contribution in [3.8, 4) is 0 Å². The first-order valence-electron chi connectivity index (χ1n) is 7.97. The predicted octanol–water partition coefficient (Wildman–Crippen LogP) is 1.33. The number of hydrogen-bond acceptors (Lipinski definition) is 5. The van der Waals surface area contributed by atoms with Crippen LogP contribution in [0, 0.1) is 0 Å². The number of hydrogen-bond donors (Lipinski definition) is 3. The number of anilines is 1. The normalized spacial score (nSPS) is 13.1. The van der Waals surface area contributed by atoms with E-state index < -0.39 is 0 Å². The summed E-state index contributed by atoms with van der Waals surface area (Å²) in [5.41, 5.74) is 1.09. The van der Waals surface area contributed by atoms with Gasteiger partial charge in [-0.15, -0.1) is 11.3 Å². The van der Waals surface area contributed by atoms with Gasteiger partial charge in [-0.3, -0.25) is 19.7 Å². The van der Waals surface area contributed by atoms with Crippen LogP contribution in [0.25, 0.3) is 0 Å². The Morgan fingerprint density at radius 2 is 1.88 bits per heavy atom. The molecule has 3 amide bonds. The second-order valence-electron chi connectivity index (χ2n) is 5.76. The fourth-order valence-electron chi connectivity index (χ4n) is 2.12. The quantitative estimate of drug-likeness (QED) is 0.695. The lowest BCUT2D eigenvalue weighted by Crippen LogP contribution is -2.38. The van der Waals surface area contributed by atoms with Crippen molar-refractivity contribution >= 4 is 34.2 Å². The first-order chi connectivity index (χ1) is 12.1. The van der Waals surface area contributed by atoms with Crippen LogP contribution >= 0.6 is 11.3 Å². The number of benzene rings is 1. The Bertz CT molecular complexity index is 771. The zero-order chi connectivity index (χ0) is 17.6. The maximum atomic E-state index is 12.0. The Balaban J connectivity index is 1.45. The van der Waals surface area contributed by atoms with Gasteiger partial charge in [-0.05, 0) is 25.0 Å². The minimum Gasteiger partial charge on any atom is -0.352 e. The van der Waals surface area contributed by atoms with Gasteiger partial charge in [0.15, 0.2) is 5.13 Å². The third kappa shape index (κ3) is 5.39. The molecule has 0 atom stereocenters. The smallest absolute Gasteiger partial charge is 0.257 e. The third-order valence-electron chi connectivity index (χ3n) is 3.54. The average molecular weight is 358 g/mol. The number of thiazole rings is 1.